The number of aromatic nitrogens is 6. The van der Waals surface area contributed by atoms with Gasteiger partial charge in [0.2, 0.25) is 11.6 Å². The molecule has 0 aliphatic heterocycles. The van der Waals surface area contributed by atoms with Crippen LogP contribution in [0.3, 0.4) is 0 Å². The predicted octanol–water partition coefficient (Wildman–Crippen LogP) is 15.0. The number of nitrogens with zero attached hydrogens (tertiary/aromatic N) is 6. The minimum absolute atomic E-state index is 0. The average molecular weight is 2020 g/mol. The Labute approximate surface area is 859 Å². The van der Waals surface area contributed by atoms with E-state index in [1.54, 1.807) is 19.1 Å². The second-order valence-corrected chi connectivity index (χ2v) is 37.6. The third-order valence-electron chi connectivity index (χ3n) is 19.5. The number of methoxy groups -OCH3 is 1. The van der Waals surface area contributed by atoms with Crippen molar-refractivity contribution in [2.45, 2.75) is 36.6 Å². The molecule has 2 N–H and O–H groups in total. The van der Waals surface area contributed by atoms with Crippen LogP contribution in [0.1, 0.15) is 36.7 Å². The molecule has 0 saturated heterocycles. The third-order valence-corrected chi connectivity index (χ3v) is 29.7. The van der Waals surface area contributed by atoms with Gasteiger partial charge in [0.15, 0.2) is 11.6 Å². The second-order valence-electron chi connectivity index (χ2n) is 27.9. The Morgan fingerprint density at radius 3 is 0.851 bits per heavy atom. The molecule has 0 spiro atoms. The number of ether oxygens (including phenoxy) is 1. The van der Waals surface area contributed by atoms with Crippen molar-refractivity contribution in [3.05, 3.63) is 495 Å². The number of halogens is 3. The Morgan fingerprint density at radius 1 is 0.351 bits per heavy atom. The van der Waals surface area contributed by atoms with Crippen LogP contribution >= 0.6 is 47.6 Å². The van der Waals surface area contributed by atoms with Crippen LogP contribution in [0.2, 0.25) is 0 Å². The summed E-state index contributed by atoms with van der Waals surface area (Å²) in [4.78, 5) is 28.9. The fourth-order valence-electron chi connectivity index (χ4n) is 13.5. The minimum Gasteiger partial charge on any atom is -1.00 e. The van der Waals surface area contributed by atoms with E-state index in [0.717, 1.165) is 38.5 Å². The molecule has 23 heteroatoms. The molecular weight excluding hydrogens is 1920 g/mol. The molecule has 0 fully saturated rings. The topological polar surface area (TPSA) is 159 Å². The zero-order valence-electron chi connectivity index (χ0n) is 72.6. The Bertz CT molecular complexity index is 5870. The number of hydrogen-bond acceptors (Lipinski definition) is 10. The normalized spacial score (nSPS) is 9.97. The maximum Gasteiger partial charge on any atom is 1.00 e. The number of carbonyl (C=O) groups excluding carboxylic acids is 1. The van der Waals surface area contributed by atoms with Gasteiger partial charge in [0, 0.05) is 38.4 Å². The number of aryl methyl sites for hydroxylation is 1. The van der Waals surface area contributed by atoms with Gasteiger partial charge in [0.1, 0.15) is 10.4 Å². The number of hydrogen-bond donors (Lipinski definition) is 2. The smallest absolute Gasteiger partial charge is 1.00 e. The van der Waals surface area contributed by atoms with E-state index in [2.05, 4.69) is 405 Å². The van der Waals surface area contributed by atoms with Crippen molar-refractivity contribution in [1.29, 1.82) is 0 Å². The molecule has 4 aromatic heterocycles. The number of imidazole rings is 2. The van der Waals surface area contributed by atoms with E-state index in [1.165, 1.54) is 89.0 Å². The summed E-state index contributed by atoms with van der Waals surface area (Å²) in [7, 11) is -1.93. The fraction of sp³-hybridized carbons (Fsp3) is 0.0541. The van der Waals surface area contributed by atoms with Crippen LogP contribution in [0, 0.1) is 18.6 Å². The Morgan fingerprint density at radius 2 is 0.604 bits per heavy atom. The summed E-state index contributed by atoms with van der Waals surface area (Å²) in [5.41, 5.74) is 5.96. The molecule has 0 amide bonds. The summed E-state index contributed by atoms with van der Waals surface area (Å²) >= 11 is 3.33. The molecule has 0 saturated carbocycles. The first kappa shape index (κ1) is 112. The molecule has 0 unspecified atom stereocenters. The molecule has 0 bridgehead atoms. The summed E-state index contributed by atoms with van der Waals surface area (Å²) in [5, 5.41) is 42.5. The first-order valence-electron chi connectivity index (χ1n) is 40.6. The fourth-order valence-corrected chi connectivity index (χ4v) is 23.0. The molecule has 134 heavy (non-hydrogen) atoms. The van der Waals surface area contributed by atoms with Crippen LogP contribution in [-0.2, 0) is 30.1 Å². The summed E-state index contributed by atoms with van der Waals surface area (Å²) < 4.78 is 36.2. The van der Waals surface area contributed by atoms with Crippen molar-refractivity contribution < 1.29 is 119 Å². The SMILES string of the molecule is Brc1ccn2c(n1)nc1ccccc12.C.C.C.C.COc1ccc(-c2ccn3c(n2)nc2ccccc23)cc1F.Cc1ccc(B(O)O)cc1F.O=CO[O-].[H-].[Na+].[Na+].[Pd].c1ccc(P(c2ccccc2)c2ccccc2)cc1.c1ccc(P(c2ccccc2)c2ccccc2)cc1.c1ccc(P(c2ccccc2)c2ccccc2)cc1.c1ccc(P(c2ccccc2)c2ccccc2)cc1. The summed E-state index contributed by atoms with van der Waals surface area (Å²) in [5.74, 6) is 0.706. The van der Waals surface area contributed by atoms with Crippen molar-refractivity contribution in [3.8, 4) is 17.0 Å². The molecule has 4 heterocycles. The minimum atomic E-state index is -1.59. The zero-order chi connectivity index (χ0) is 88.2. The van der Waals surface area contributed by atoms with Gasteiger partial charge in [0.25, 0.3) is 6.47 Å². The average Bonchev–Trinajstić information content (AvgIpc) is 1.63. The van der Waals surface area contributed by atoms with Crippen molar-refractivity contribution in [1.82, 2.24) is 28.7 Å². The van der Waals surface area contributed by atoms with Crippen molar-refractivity contribution >= 4 is 164 Å². The zero-order valence-corrected chi connectivity index (χ0v) is 82.4. The van der Waals surface area contributed by atoms with Crippen LogP contribution in [-0.4, -0.2) is 59.5 Å². The molecule has 670 valence electrons. The van der Waals surface area contributed by atoms with Gasteiger partial charge < -0.3 is 26.4 Å². The molecular formula is C111H104BBrF2N6Na2O6P4Pd. The summed E-state index contributed by atoms with van der Waals surface area (Å²) in [6.45, 7) is 1.43. The number of fused-ring (bicyclic) bond motifs is 6. The van der Waals surface area contributed by atoms with E-state index in [1.807, 2.05) is 81.9 Å². The van der Waals surface area contributed by atoms with Gasteiger partial charge in [-0.25, -0.2) is 28.7 Å². The van der Waals surface area contributed by atoms with E-state index < -0.39 is 50.4 Å². The van der Waals surface area contributed by atoms with Crippen molar-refractivity contribution in [2.24, 2.45) is 0 Å². The Kier molecular flexibility index (Phi) is 50.0. The van der Waals surface area contributed by atoms with Gasteiger partial charge in [0.05, 0.1) is 34.9 Å². The van der Waals surface area contributed by atoms with Crippen LogP contribution < -0.4 is 138 Å². The first-order chi connectivity index (χ1) is 62.4. The van der Waals surface area contributed by atoms with Gasteiger partial charge >= 0.3 is 66.2 Å². The molecule has 0 radical (unpaired) electrons. The molecule has 0 atom stereocenters. The van der Waals surface area contributed by atoms with E-state index in [4.69, 9.17) is 24.8 Å². The number of para-hydroxylation sites is 4. The largest absolute Gasteiger partial charge is 1.00 e. The van der Waals surface area contributed by atoms with Crippen molar-refractivity contribution in [3.63, 3.8) is 0 Å². The van der Waals surface area contributed by atoms with Gasteiger partial charge in [-0.2, -0.15) is 0 Å². The van der Waals surface area contributed by atoms with E-state index in [-0.39, 0.29) is 128 Å². The maximum absolute atomic E-state index is 13.8. The summed E-state index contributed by atoms with van der Waals surface area (Å²) in [6, 6.07) is 158. The second kappa shape index (κ2) is 59.9. The van der Waals surface area contributed by atoms with E-state index in [0.29, 0.717) is 22.6 Å². The van der Waals surface area contributed by atoms with Gasteiger partial charge in [-0.1, -0.05) is 430 Å². The molecule has 0 aliphatic carbocycles. The van der Waals surface area contributed by atoms with Crippen LogP contribution in [0.4, 0.5) is 8.78 Å². The predicted molar refractivity (Wildman–Crippen MR) is 557 cm³/mol. The molecule has 20 rings (SSSR count). The monoisotopic (exact) mass is 2020 g/mol. The van der Waals surface area contributed by atoms with Crippen LogP contribution in [0.25, 0.3) is 44.9 Å². The standard InChI is InChI=1S/4C18H15P.C17H12FN3O.C10H6BrN3.C7H8BFO2.CH2O3.4CH4.2Na.Pd.H/c4*1-4-10-16(11-5-1)19(17-12-6-2-7-13-17)18-14-8-3-9-15-18;1-22-16-7-6-11(10-12(16)18)13-8-9-21-15-5-3-2-4-14(15)20-17(21)19-13;11-9-5-6-14-8-4-2-1-3-7(8)12-10(14)13-9;1-5-2-3-6(8(10)11)4-7(5)9;2-1-4-3;;;;;;;;/h4*1-15H;2-10H,1H3;1-6H;2-4,10-11H,1H3;1,3H;4*1H4;;;;/q;;;;;;;;;;;;2*+1;;-1/p-1. The molecule has 20 aromatic rings. The van der Waals surface area contributed by atoms with Crippen LogP contribution in [0.15, 0.2) is 478 Å². The first-order valence-corrected chi connectivity index (χ1v) is 46.7. The number of carbonyl (C=O) groups is 1. The Hall–Kier alpha value is -10.8. The number of benzene rings is 16. The van der Waals surface area contributed by atoms with Crippen LogP contribution in [0.5, 0.6) is 5.75 Å². The third kappa shape index (κ3) is 31.9. The van der Waals surface area contributed by atoms with Gasteiger partial charge in [-0.05, 0) is 190 Å². The molecule has 0 aliphatic rings. The quantitative estimate of drug-likeness (QED) is 0.0238. The number of rotatable bonds is 16. The van der Waals surface area contributed by atoms with Gasteiger partial charge in [-0.15, -0.1) is 0 Å². The summed E-state index contributed by atoms with van der Waals surface area (Å²) in [6.07, 6.45) is 3.86. The van der Waals surface area contributed by atoms with E-state index >= 15 is 0 Å². The Balaban J connectivity index is 0.000000276. The van der Waals surface area contributed by atoms with E-state index in [9.17, 15) is 8.78 Å². The van der Waals surface area contributed by atoms with Gasteiger partial charge in [-0.3, -0.25) is 13.6 Å². The van der Waals surface area contributed by atoms with Crippen molar-refractivity contribution in [2.75, 3.05) is 7.11 Å². The molecule has 12 nitrogen and oxygen atoms in total. The maximum atomic E-state index is 13.8. The molecule has 16 aromatic carbocycles.